The van der Waals surface area contributed by atoms with Gasteiger partial charge in [0.2, 0.25) is 0 Å². The molecule has 0 aromatic heterocycles. The zero-order valence-electron chi connectivity index (χ0n) is 12.5. The van der Waals surface area contributed by atoms with Crippen molar-refractivity contribution in [3.63, 3.8) is 0 Å². The number of rotatable bonds is 2. The topological polar surface area (TPSA) is 77.8 Å². The molecule has 2 N–H and O–H groups in total. The molecule has 5 heteroatoms. The largest absolute Gasteiger partial charge is 0.507 e. The Balaban J connectivity index is 1.84. The summed E-state index contributed by atoms with van der Waals surface area (Å²) in [4.78, 5) is 25.3. The molecule has 1 saturated heterocycles. The van der Waals surface area contributed by atoms with Gasteiger partial charge in [0.15, 0.2) is 0 Å². The first kappa shape index (κ1) is 14.9. The average Bonchev–Trinajstić information content (AvgIpc) is 2.55. The number of phenols is 1. The fourth-order valence-corrected chi connectivity index (χ4v) is 3.51. The maximum Gasteiger partial charge on any atom is 0.308 e. The minimum atomic E-state index is -0.854. The molecule has 5 nitrogen and oxygen atoms in total. The second kappa shape index (κ2) is 5.99. The minimum Gasteiger partial charge on any atom is -0.507 e. The molecule has 2 aliphatic rings. The van der Waals surface area contributed by atoms with Crippen molar-refractivity contribution in [3.8, 4) is 5.75 Å². The highest BCUT2D eigenvalue weighted by Crippen LogP contribution is 2.33. The summed E-state index contributed by atoms with van der Waals surface area (Å²) in [7, 11) is 0. The average molecular weight is 303 g/mol. The third kappa shape index (κ3) is 2.67. The SMILES string of the molecule is O=C(O)C1CCCN(C(=O)c2ccc3c(c2O)CCCC3)C1. The summed E-state index contributed by atoms with van der Waals surface area (Å²) >= 11 is 0. The first-order chi connectivity index (χ1) is 10.6. The normalized spacial score (nSPS) is 21.3. The zero-order chi connectivity index (χ0) is 15.7. The number of phenolic OH excluding ortho intramolecular Hbond substituents is 1. The summed E-state index contributed by atoms with van der Waals surface area (Å²) in [6, 6.07) is 3.62. The van der Waals surface area contributed by atoms with E-state index in [0.29, 0.717) is 24.9 Å². The van der Waals surface area contributed by atoms with Crippen molar-refractivity contribution in [2.75, 3.05) is 13.1 Å². The number of nitrogens with zero attached hydrogens (tertiary/aromatic N) is 1. The Bertz CT molecular complexity index is 611. The summed E-state index contributed by atoms with van der Waals surface area (Å²) in [6.45, 7) is 0.782. The van der Waals surface area contributed by atoms with Crippen LogP contribution < -0.4 is 0 Å². The molecule has 1 unspecified atom stereocenters. The van der Waals surface area contributed by atoms with Crippen LogP contribution in [0.5, 0.6) is 5.75 Å². The first-order valence-electron chi connectivity index (χ1n) is 7.93. The number of carbonyl (C=O) groups is 2. The Labute approximate surface area is 129 Å². The lowest BCUT2D eigenvalue weighted by Gasteiger charge is -2.31. The predicted molar refractivity (Wildman–Crippen MR) is 81.0 cm³/mol. The Kier molecular flexibility index (Phi) is 4.05. The van der Waals surface area contributed by atoms with Crippen molar-refractivity contribution in [2.24, 2.45) is 5.92 Å². The Hall–Kier alpha value is -2.04. The maximum absolute atomic E-state index is 12.6. The second-order valence-corrected chi connectivity index (χ2v) is 6.24. The van der Waals surface area contributed by atoms with Gasteiger partial charge in [-0.25, -0.2) is 0 Å². The van der Waals surface area contributed by atoms with Crippen LogP contribution in [-0.4, -0.2) is 40.1 Å². The van der Waals surface area contributed by atoms with Gasteiger partial charge >= 0.3 is 5.97 Å². The van der Waals surface area contributed by atoms with Crippen molar-refractivity contribution in [2.45, 2.75) is 38.5 Å². The van der Waals surface area contributed by atoms with Gasteiger partial charge in [-0.05, 0) is 55.7 Å². The van der Waals surface area contributed by atoms with E-state index in [4.69, 9.17) is 5.11 Å². The molecule has 1 aromatic carbocycles. The van der Waals surface area contributed by atoms with Gasteiger partial charge in [-0.15, -0.1) is 0 Å². The minimum absolute atomic E-state index is 0.0969. The molecule has 0 saturated carbocycles. The lowest BCUT2D eigenvalue weighted by atomic mass is 9.89. The molecule has 0 radical (unpaired) electrons. The summed E-state index contributed by atoms with van der Waals surface area (Å²) in [5, 5.41) is 19.6. The van der Waals surface area contributed by atoms with Crippen molar-refractivity contribution in [3.05, 3.63) is 28.8 Å². The number of carboxylic acids is 1. The number of aromatic hydroxyl groups is 1. The summed E-state index contributed by atoms with van der Waals surface area (Å²) in [5.74, 6) is -1.51. The molecule has 1 aliphatic heterocycles. The van der Waals surface area contributed by atoms with Crippen molar-refractivity contribution < 1.29 is 19.8 Å². The van der Waals surface area contributed by atoms with Crippen LogP contribution in [-0.2, 0) is 17.6 Å². The number of benzene rings is 1. The van der Waals surface area contributed by atoms with Crippen LogP contribution in [0.4, 0.5) is 0 Å². The van der Waals surface area contributed by atoms with E-state index in [1.54, 1.807) is 11.0 Å². The van der Waals surface area contributed by atoms with E-state index in [9.17, 15) is 14.7 Å². The van der Waals surface area contributed by atoms with Crippen LogP contribution in [0, 0.1) is 5.92 Å². The summed E-state index contributed by atoms with van der Waals surface area (Å²) < 4.78 is 0. The van der Waals surface area contributed by atoms with Gasteiger partial charge in [0.05, 0.1) is 11.5 Å². The molecule has 1 amide bonds. The van der Waals surface area contributed by atoms with E-state index in [1.807, 2.05) is 6.07 Å². The molecule has 0 bridgehead atoms. The van der Waals surface area contributed by atoms with Crippen molar-refractivity contribution in [1.29, 1.82) is 0 Å². The second-order valence-electron chi connectivity index (χ2n) is 6.24. The van der Waals surface area contributed by atoms with Gasteiger partial charge in [-0.3, -0.25) is 9.59 Å². The van der Waals surface area contributed by atoms with E-state index in [-0.39, 0.29) is 18.2 Å². The summed E-state index contributed by atoms with van der Waals surface area (Å²) in [6.07, 6.45) is 5.20. The fraction of sp³-hybridized carbons (Fsp3) is 0.529. The third-order valence-corrected chi connectivity index (χ3v) is 4.79. The zero-order valence-corrected chi connectivity index (χ0v) is 12.5. The quantitative estimate of drug-likeness (QED) is 0.878. The smallest absolute Gasteiger partial charge is 0.308 e. The molecule has 1 aliphatic carbocycles. The van der Waals surface area contributed by atoms with Crippen LogP contribution in [0.1, 0.15) is 47.2 Å². The highest BCUT2D eigenvalue weighted by atomic mass is 16.4. The summed E-state index contributed by atoms with van der Waals surface area (Å²) in [5.41, 5.74) is 2.33. The molecule has 1 aromatic rings. The van der Waals surface area contributed by atoms with E-state index in [1.165, 1.54) is 0 Å². The van der Waals surface area contributed by atoms with Gasteiger partial charge in [0.25, 0.3) is 5.91 Å². The number of amides is 1. The fourth-order valence-electron chi connectivity index (χ4n) is 3.51. The molecule has 3 rings (SSSR count). The molecular formula is C17H21NO4. The van der Waals surface area contributed by atoms with Gasteiger partial charge in [0, 0.05) is 13.1 Å². The number of carboxylic acid groups (broad SMARTS) is 1. The van der Waals surface area contributed by atoms with Gasteiger partial charge in [0.1, 0.15) is 5.75 Å². The number of aryl methyl sites for hydroxylation is 1. The first-order valence-corrected chi connectivity index (χ1v) is 7.93. The predicted octanol–water partition coefficient (Wildman–Crippen LogP) is 2.21. The van der Waals surface area contributed by atoms with E-state index < -0.39 is 11.9 Å². The monoisotopic (exact) mass is 303 g/mol. The van der Waals surface area contributed by atoms with Gasteiger partial charge in [-0.1, -0.05) is 6.07 Å². The lowest BCUT2D eigenvalue weighted by Crippen LogP contribution is -2.42. The molecule has 1 atom stereocenters. The van der Waals surface area contributed by atoms with Crippen LogP contribution in [0.2, 0.25) is 0 Å². The molecule has 0 spiro atoms. The van der Waals surface area contributed by atoms with E-state index >= 15 is 0 Å². The van der Waals surface area contributed by atoms with Crippen LogP contribution in [0.3, 0.4) is 0 Å². The van der Waals surface area contributed by atoms with Crippen LogP contribution in [0.15, 0.2) is 12.1 Å². The van der Waals surface area contributed by atoms with Gasteiger partial charge in [-0.2, -0.15) is 0 Å². The highest BCUT2D eigenvalue weighted by Gasteiger charge is 2.30. The van der Waals surface area contributed by atoms with Crippen LogP contribution >= 0.6 is 0 Å². The molecule has 1 heterocycles. The van der Waals surface area contributed by atoms with E-state index in [2.05, 4.69) is 0 Å². The molecule has 118 valence electrons. The Morgan fingerprint density at radius 3 is 2.68 bits per heavy atom. The van der Waals surface area contributed by atoms with Crippen LogP contribution in [0.25, 0.3) is 0 Å². The Morgan fingerprint density at radius 2 is 1.91 bits per heavy atom. The third-order valence-electron chi connectivity index (χ3n) is 4.79. The molecule has 22 heavy (non-hydrogen) atoms. The van der Waals surface area contributed by atoms with Crippen molar-refractivity contribution in [1.82, 2.24) is 4.90 Å². The van der Waals surface area contributed by atoms with E-state index in [0.717, 1.165) is 36.8 Å². The molecule has 1 fully saturated rings. The number of carbonyl (C=O) groups excluding carboxylic acids is 1. The number of hydrogen-bond acceptors (Lipinski definition) is 3. The van der Waals surface area contributed by atoms with Crippen molar-refractivity contribution >= 4 is 11.9 Å². The standard InChI is InChI=1S/C17H21NO4/c19-15-13-6-2-1-4-11(13)7-8-14(15)16(20)18-9-3-5-12(10-18)17(21)22/h7-8,12,19H,1-6,9-10H2,(H,21,22). The number of aliphatic carboxylic acids is 1. The lowest BCUT2D eigenvalue weighted by molar-refractivity contribution is -0.143. The number of likely N-dealkylation sites (tertiary alicyclic amines) is 1. The number of piperidine rings is 1. The van der Waals surface area contributed by atoms with Gasteiger partial charge < -0.3 is 15.1 Å². The highest BCUT2D eigenvalue weighted by molar-refractivity contribution is 5.97. The molecular weight excluding hydrogens is 282 g/mol. The number of hydrogen-bond donors (Lipinski definition) is 2. The maximum atomic E-state index is 12.6. The number of fused-ring (bicyclic) bond motifs is 1. The Morgan fingerprint density at radius 1 is 1.14 bits per heavy atom.